The molecule has 1 aromatic rings. The lowest BCUT2D eigenvalue weighted by molar-refractivity contribution is -0.140. The zero-order valence-corrected chi connectivity index (χ0v) is 17.0. The van der Waals surface area contributed by atoms with Crippen LogP contribution in [-0.2, 0) is 11.2 Å². The van der Waals surface area contributed by atoms with E-state index in [2.05, 4.69) is 41.6 Å². The highest BCUT2D eigenvalue weighted by molar-refractivity contribution is 5.77. The molecule has 3 heterocycles. The van der Waals surface area contributed by atoms with Crippen LogP contribution in [0.5, 0.6) is 0 Å². The molecule has 2 aliphatic rings. The van der Waals surface area contributed by atoms with Crippen LogP contribution in [0.2, 0.25) is 0 Å². The molecule has 0 radical (unpaired) electrons. The van der Waals surface area contributed by atoms with Gasteiger partial charge < -0.3 is 14.7 Å². The zero-order chi connectivity index (χ0) is 18.9. The van der Waals surface area contributed by atoms with Gasteiger partial charge in [0.2, 0.25) is 11.9 Å². The molecular weight excluding hydrogens is 326 g/mol. The van der Waals surface area contributed by atoms with Crippen LogP contribution < -0.4 is 9.80 Å². The number of hydrogen-bond donors (Lipinski definition) is 0. The summed E-state index contributed by atoms with van der Waals surface area (Å²) in [4.78, 5) is 28.2. The summed E-state index contributed by atoms with van der Waals surface area (Å²) in [6, 6.07) is 2.42. The number of rotatable bonds is 4. The monoisotopic (exact) mass is 359 g/mol. The summed E-state index contributed by atoms with van der Waals surface area (Å²) < 4.78 is 0. The predicted molar refractivity (Wildman–Crippen MR) is 106 cm³/mol. The van der Waals surface area contributed by atoms with Gasteiger partial charge in [0.1, 0.15) is 5.82 Å². The van der Waals surface area contributed by atoms with E-state index in [1.807, 2.05) is 19.0 Å². The molecule has 0 aliphatic carbocycles. The minimum atomic E-state index is 0.200. The van der Waals surface area contributed by atoms with Crippen molar-refractivity contribution in [3.05, 3.63) is 11.8 Å². The predicted octanol–water partition coefficient (Wildman–Crippen LogP) is 2.72. The molecule has 1 atom stereocenters. The first-order valence-electron chi connectivity index (χ1n) is 9.93. The maximum absolute atomic E-state index is 12.3. The quantitative estimate of drug-likeness (QED) is 0.827. The largest absolute Gasteiger partial charge is 0.356 e. The van der Waals surface area contributed by atoms with E-state index in [0.717, 1.165) is 56.4 Å². The first-order valence-corrected chi connectivity index (χ1v) is 9.93. The first kappa shape index (κ1) is 18.9. The normalized spacial score (nSPS) is 23.8. The molecular formula is C20H33N5O. The Kier molecular flexibility index (Phi) is 5.39. The molecule has 1 amide bonds. The van der Waals surface area contributed by atoms with Crippen LogP contribution in [0.1, 0.15) is 52.1 Å². The van der Waals surface area contributed by atoms with Crippen LogP contribution in [0.4, 0.5) is 11.8 Å². The van der Waals surface area contributed by atoms with Crippen molar-refractivity contribution in [2.24, 2.45) is 5.41 Å². The molecule has 144 valence electrons. The SMILES string of the molecule is CCc1cc(N2CCCC3(CCC(=O)N(C(C)C)C3)C2)nc(N(C)C)n1. The molecule has 1 aromatic heterocycles. The Morgan fingerprint density at radius 1 is 1.23 bits per heavy atom. The van der Waals surface area contributed by atoms with Gasteiger partial charge >= 0.3 is 0 Å². The number of likely N-dealkylation sites (tertiary alicyclic amines) is 1. The van der Waals surface area contributed by atoms with Crippen LogP contribution >= 0.6 is 0 Å². The lowest BCUT2D eigenvalue weighted by Gasteiger charge is -2.49. The Hall–Kier alpha value is -1.85. The van der Waals surface area contributed by atoms with E-state index >= 15 is 0 Å². The summed E-state index contributed by atoms with van der Waals surface area (Å²) in [5.41, 5.74) is 1.28. The van der Waals surface area contributed by atoms with Gasteiger partial charge in [-0.05, 0) is 39.5 Å². The minimum absolute atomic E-state index is 0.200. The number of aryl methyl sites for hydroxylation is 1. The fraction of sp³-hybridized carbons (Fsp3) is 0.750. The number of piperidine rings is 2. The van der Waals surface area contributed by atoms with E-state index in [9.17, 15) is 4.79 Å². The van der Waals surface area contributed by atoms with Crippen LogP contribution in [0.15, 0.2) is 6.07 Å². The van der Waals surface area contributed by atoms with Gasteiger partial charge in [0.25, 0.3) is 0 Å². The highest BCUT2D eigenvalue weighted by Crippen LogP contribution is 2.40. The minimum Gasteiger partial charge on any atom is -0.356 e. The number of nitrogens with zero attached hydrogens (tertiary/aromatic N) is 5. The van der Waals surface area contributed by atoms with Gasteiger partial charge in [0.05, 0.1) is 0 Å². The molecule has 2 fully saturated rings. The Balaban J connectivity index is 1.84. The Labute approximate surface area is 157 Å². The second-order valence-electron chi connectivity index (χ2n) is 8.41. The van der Waals surface area contributed by atoms with Gasteiger partial charge in [-0.25, -0.2) is 4.98 Å². The van der Waals surface area contributed by atoms with Crippen molar-refractivity contribution < 1.29 is 4.79 Å². The summed E-state index contributed by atoms with van der Waals surface area (Å²) in [6.07, 6.45) is 4.94. The third-order valence-electron chi connectivity index (χ3n) is 5.82. The van der Waals surface area contributed by atoms with Crippen molar-refractivity contribution in [2.75, 3.05) is 43.5 Å². The molecule has 0 aromatic carbocycles. The number of aromatic nitrogens is 2. The average Bonchev–Trinajstić information content (AvgIpc) is 2.63. The summed E-state index contributed by atoms with van der Waals surface area (Å²) in [5, 5.41) is 0. The fourth-order valence-electron chi connectivity index (χ4n) is 4.26. The van der Waals surface area contributed by atoms with E-state index < -0.39 is 0 Å². The molecule has 0 bridgehead atoms. The van der Waals surface area contributed by atoms with Gasteiger partial charge in [0, 0.05) is 63.4 Å². The second-order valence-corrected chi connectivity index (χ2v) is 8.41. The summed E-state index contributed by atoms with van der Waals surface area (Å²) in [7, 11) is 3.98. The summed E-state index contributed by atoms with van der Waals surface area (Å²) >= 11 is 0. The number of amides is 1. The molecule has 2 saturated heterocycles. The molecule has 6 nitrogen and oxygen atoms in total. The number of anilines is 2. The third-order valence-corrected chi connectivity index (χ3v) is 5.82. The summed E-state index contributed by atoms with van der Waals surface area (Å²) in [6.45, 7) is 9.28. The molecule has 3 rings (SSSR count). The van der Waals surface area contributed by atoms with Gasteiger partial charge in [-0.1, -0.05) is 6.92 Å². The standard InChI is InChI=1S/C20H33N5O/c1-6-16-12-17(22-19(21-16)23(4)5)24-11-7-9-20(13-24)10-8-18(26)25(14-20)15(2)3/h12,15H,6-11,13-14H2,1-5H3. The Bertz CT molecular complexity index is 660. The second kappa shape index (κ2) is 7.41. The maximum Gasteiger partial charge on any atom is 0.227 e. The first-order chi connectivity index (χ1) is 12.3. The lowest BCUT2D eigenvalue weighted by Crippen LogP contribution is -2.55. The van der Waals surface area contributed by atoms with Crippen molar-refractivity contribution in [3.63, 3.8) is 0 Å². The van der Waals surface area contributed by atoms with Crippen molar-refractivity contribution in [1.29, 1.82) is 0 Å². The molecule has 0 saturated carbocycles. The van der Waals surface area contributed by atoms with Crippen molar-refractivity contribution in [2.45, 2.75) is 58.9 Å². The lowest BCUT2D eigenvalue weighted by atomic mass is 9.73. The molecule has 26 heavy (non-hydrogen) atoms. The average molecular weight is 360 g/mol. The molecule has 6 heteroatoms. The van der Waals surface area contributed by atoms with Crippen molar-refractivity contribution in [3.8, 4) is 0 Å². The summed E-state index contributed by atoms with van der Waals surface area (Å²) in [5.74, 6) is 2.13. The Morgan fingerprint density at radius 2 is 2.00 bits per heavy atom. The number of carbonyl (C=O) groups is 1. The smallest absolute Gasteiger partial charge is 0.227 e. The molecule has 2 aliphatic heterocycles. The third kappa shape index (κ3) is 3.79. The molecule has 0 N–H and O–H groups in total. The van der Waals surface area contributed by atoms with Gasteiger partial charge in [-0.15, -0.1) is 0 Å². The zero-order valence-electron chi connectivity index (χ0n) is 17.0. The molecule has 1 unspecified atom stereocenters. The Morgan fingerprint density at radius 3 is 2.65 bits per heavy atom. The highest BCUT2D eigenvalue weighted by atomic mass is 16.2. The van der Waals surface area contributed by atoms with Crippen LogP contribution in [0.25, 0.3) is 0 Å². The number of carbonyl (C=O) groups excluding carboxylic acids is 1. The van der Waals surface area contributed by atoms with Gasteiger partial charge in [-0.2, -0.15) is 4.98 Å². The maximum atomic E-state index is 12.3. The fourth-order valence-corrected chi connectivity index (χ4v) is 4.26. The van der Waals surface area contributed by atoms with Crippen LogP contribution in [-0.4, -0.2) is 60.5 Å². The molecule has 1 spiro atoms. The van der Waals surface area contributed by atoms with E-state index in [4.69, 9.17) is 4.98 Å². The van der Waals surface area contributed by atoms with Crippen LogP contribution in [0.3, 0.4) is 0 Å². The van der Waals surface area contributed by atoms with E-state index in [0.29, 0.717) is 12.3 Å². The van der Waals surface area contributed by atoms with Crippen molar-refractivity contribution in [1.82, 2.24) is 14.9 Å². The van der Waals surface area contributed by atoms with Gasteiger partial charge in [-0.3, -0.25) is 4.79 Å². The van der Waals surface area contributed by atoms with Gasteiger partial charge in [0.15, 0.2) is 0 Å². The van der Waals surface area contributed by atoms with E-state index in [1.54, 1.807) is 0 Å². The topological polar surface area (TPSA) is 52.6 Å². The highest BCUT2D eigenvalue weighted by Gasteiger charge is 2.42. The van der Waals surface area contributed by atoms with E-state index in [1.165, 1.54) is 6.42 Å². The van der Waals surface area contributed by atoms with E-state index in [-0.39, 0.29) is 11.5 Å². The van der Waals surface area contributed by atoms with Crippen LogP contribution in [0, 0.1) is 5.41 Å². The number of hydrogen-bond acceptors (Lipinski definition) is 5. The van der Waals surface area contributed by atoms with Crippen molar-refractivity contribution >= 4 is 17.7 Å².